The summed E-state index contributed by atoms with van der Waals surface area (Å²) in [4.78, 5) is 6.36. The van der Waals surface area contributed by atoms with Gasteiger partial charge in [0.15, 0.2) is 0 Å². The molecule has 1 aliphatic rings. The van der Waals surface area contributed by atoms with Gasteiger partial charge in [0, 0.05) is 13.1 Å². The number of hydrogen-bond donors (Lipinski definition) is 2. The van der Waals surface area contributed by atoms with E-state index < -0.39 is 5.60 Å². The van der Waals surface area contributed by atoms with Crippen molar-refractivity contribution >= 4 is 11.5 Å². The summed E-state index contributed by atoms with van der Waals surface area (Å²) >= 11 is 0. The molecule has 1 fully saturated rings. The van der Waals surface area contributed by atoms with E-state index >= 15 is 0 Å². The van der Waals surface area contributed by atoms with Crippen LogP contribution in [-0.4, -0.2) is 28.8 Å². The first-order chi connectivity index (χ1) is 7.07. The van der Waals surface area contributed by atoms with Gasteiger partial charge >= 0.3 is 0 Å². The van der Waals surface area contributed by atoms with Crippen molar-refractivity contribution in [3.8, 4) is 0 Å². The smallest absolute Gasteiger partial charge is 0.128 e. The van der Waals surface area contributed by atoms with Gasteiger partial charge in [-0.3, -0.25) is 0 Å². The minimum atomic E-state index is -0.596. The third-order valence-electron chi connectivity index (χ3n) is 2.77. The Morgan fingerprint density at radius 2 is 2.33 bits per heavy atom. The van der Waals surface area contributed by atoms with Gasteiger partial charge in [0.05, 0.1) is 17.5 Å². The summed E-state index contributed by atoms with van der Waals surface area (Å²) in [5, 5.41) is 9.97. The van der Waals surface area contributed by atoms with Crippen molar-refractivity contribution in [3.05, 3.63) is 18.3 Å². The molecular formula is C11H17N3O. The van der Waals surface area contributed by atoms with Gasteiger partial charge in [0.1, 0.15) is 5.82 Å². The van der Waals surface area contributed by atoms with Gasteiger partial charge in [-0.1, -0.05) is 0 Å². The Morgan fingerprint density at radius 3 is 2.93 bits per heavy atom. The Bertz CT molecular complexity index is 334. The van der Waals surface area contributed by atoms with Gasteiger partial charge in [0.25, 0.3) is 0 Å². The highest BCUT2D eigenvalue weighted by Gasteiger charge is 2.28. The fourth-order valence-electron chi connectivity index (χ4n) is 2.00. The number of pyridine rings is 1. The Kier molecular flexibility index (Phi) is 2.52. The summed E-state index contributed by atoms with van der Waals surface area (Å²) in [5.41, 5.74) is 5.65. The minimum Gasteiger partial charge on any atom is -0.397 e. The Morgan fingerprint density at radius 1 is 1.53 bits per heavy atom. The largest absolute Gasteiger partial charge is 0.397 e. The first kappa shape index (κ1) is 10.2. The van der Waals surface area contributed by atoms with E-state index in [0.717, 1.165) is 25.2 Å². The van der Waals surface area contributed by atoms with E-state index in [4.69, 9.17) is 5.73 Å². The zero-order chi connectivity index (χ0) is 10.9. The lowest BCUT2D eigenvalue weighted by Gasteiger charge is -2.37. The second-order valence-corrected chi connectivity index (χ2v) is 4.47. The maximum absolute atomic E-state index is 9.97. The number of piperidine rings is 1. The summed E-state index contributed by atoms with van der Waals surface area (Å²) in [5.74, 6) is 0.893. The van der Waals surface area contributed by atoms with Crippen molar-refractivity contribution in [1.82, 2.24) is 4.98 Å². The van der Waals surface area contributed by atoms with Crippen molar-refractivity contribution < 1.29 is 5.11 Å². The van der Waals surface area contributed by atoms with Crippen molar-refractivity contribution in [2.45, 2.75) is 25.4 Å². The first-order valence-electron chi connectivity index (χ1n) is 5.26. The number of aromatic nitrogens is 1. The quantitative estimate of drug-likeness (QED) is 0.721. The minimum absolute atomic E-state index is 0.596. The van der Waals surface area contributed by atoms with Gasteiger partial charge in [-0.25, -0.2) is 4.98 Å². The van der Waals surface area contributed by atoms with Crippen molar-refractivity contribution in [3.63, 3.8) is 0 Å². The highest BCUT2D eigenvalue weighted by Crippen LogP contribution is 2.24. The summed E-state index contributed by atoms with van der Waals surface area (Å²) < 4.78 is 0. The molecule has 0 spiro atoms. The number of rotatable bonds is 1. The molecule has 2 heterocycles. The molecule has 0 unspecified atom stereocenters. The van der Waals surface area contributed by atoms with Gasteiger partial charge in [0.2, 0.25) is 0 Å². The van der Waals surface area contributed by atoms with Crippen LogP contribution in [0.2, 0.25) is 0 Å². The predicted molar refractivity (Wildman–Crippen MR) is 60.7 cm³/mol. The maximum atomic E-state index is 9.97. The molecule has 1 atom stereocenters. The highest BCUT2D eigenvalue weighted by molar-refractivity contribution is 5.46. The molecule has 0 amide bonds. The summed E-state index contributed by atoms with van der Waals surface area (Å²) in [7, 11) is 0. The molecule has 82 valence electrons. The number of β-amino-alcohol motifs (C(OH)–C–C–N with tert-alkyl or cyclic N) is 1. The molecule has 1 aromatic heterocycles. The van der Waals surface area contributed by atoms with E-state index in [0.29, 0.717) is 12.2 Å². The SMILES string of the molecule is C[C@]1(O)CCCN(c2ccc(N)cn2)C1. The molecule has 2 rings (SSSR count). The third-order valence-corrected chi connectivity index (χ3v) is 2.77. The lowest BCUT2D eigenvalue weighted by Crippen LogP contribution is -2.46. The average Bonchev–Trinajstić information content (AvgIpc) is 2.17. The first-order valence-corrected chi connectivity index (χ1v) is 5.26. The topological polar surface area (TPSA) is 62.4 Å². The van der Waals surface area contributed by atoms with E-state index in [-0.39, 0.29) is 0 Å². The second-order valence-electron chi connectivity index (χ2n) is 4.47. The summed E-state index contributed by atoms with van der Waals surface area (Å²) in [6.07, 6.45) is 3.51. The van der Waals surface area contributed by atoms with Crippen LogP contribution in [0.3, 0.4) is 0 Å². The zero-order valence-corrected chi connectivity index (χ0v) is 8.98. The fraction of sp³-hybridized carbons (Fsp3) is 0.545. The molecule has 4 nitrogen and oxygen atoms in total. The van der Waals surface area contributed by atoms with E-state index in [1.54, 1.807) is 6.20 Å². The van der Waals surface area contributed by atoms with Crippen LogP contribution in [-0.2, 0) is 0 Å². The van der Waals surface area contributed by atoms with Crippen molar-refractivity contribution in [2.24, 2.45) is 0 Å². The standard InChI is InChI=1S/C11H17N3O/c1-11(15)5-2-6-14(8-11)10-4-3-9(12)7-13-10/h3-4,7,15H,2,5-6,8,12H2,1H3/t11-/m0/s1. The molecule has 0 radical (unpaired) electrons. The number of nitrogen functional groups attached to an aromatic ring is 1. The Labute approximate surface area is 89.7 Å². The third kappa shape index (κ3) is 2.39. The van der Waals surface area contributed by atoms with Crippen LogP contribution in [0.5, 0.6) is 0 Å². The van der Waals surface area contributed by atoms with E-state index in [1.807, 2.05) is 19.1 Å². The molecule has 1 saturated heterocycles. The van der Waals surface area contributed by atoms with Crippen LogP contribution >= 0.6 is 0 Å². The lowest BCUT2D eigenvalue weighted by molar-refractivity contribution is 0.0447. The molecule has 3 N–H and O–H groups in total. The monoisotopic (exact) mass is 207 g/mol. The van der Waals surface area contributed by atoms with E-state index in [1.165, 1.54) is 0 Å². The number of nitrogens with zero attached hydrogens (tertiary/aromatic N) is 2. The zero-order valence-electron chi connectivity index (χ0n) is 8.98. The summed E-state index contributed by atoms with van der Waals surface area (Å²) in [6, 6.07) is 3.74. The second kappa shape index (κ2) is 3.70. The van der Waals surface area contributed by atoms with Crippen LogP contribution in [0.15, 0.2) is 18.3 Å². The van der Waals surface area contributed by atoms with E-state index in [9.17, 15) is 5.11 Å². The molecule has 4 heteroatoms. The molecule has 0 aromatic carbocycles. The number of aliphatic hydroxyl groups is 1. The lowest BCUT2D eigenvalue weighted by atomic mass is 9.95. The summed E-state index contributed by atoms with van der Waals surface area (Å²) in [6.45, 7) is 3.47. The van der Waals surface area contributed by atoms with Gasteiger partial charge in [-0.15, -0.1) is 0 Å². The molecule has 0 bridgehead atoms. The number of hydrogen-bond acceptors (Lipinski definition) is 4. The Hall–Kier alpha value is -1.29. The number of nitrogens with two attached hydrogens (primary N) is 1. The van der Waals surface area contributed by atoms with Crippen molar-refractivity contribution in [2.75, 3.05) is 23.7 Å². The molecule has 1 aromatic rings. The van der Waals surface area contributed by atoms with E-state index in [2.05, 4.69) is 9.88 Å². The normalized spacial score (nSPS) is 26.7. The molecular weight excluding hydrogens is 190 g/mol. The van der Waals surface area contributed by atoms with Crippen molar-refractivity contribution in [1.29, 1.82) is 0 Å². The van der Waals surface area contributed by atoms with Gasteiger partial charge in [-0.2, -0.15) is 0 Å². The van der Waals surface area contributed by atoms with Gasteiger partial charge < -0.3 is 15.7 Å². The predicted octanol–water partition coefficient (Wildman–Crippen LogP) is 1.02. The highest BCUT2D eigenvalue weighted by atomic mass is 16.3. The average molecular weight is 207 g/mol. The molecule has 1 aliphatic heterocycles. The van der Waals surface area contributed by atoms with Gasteiger partial charge in [-0.05, 0) is 31.9 Å². The maximum Gasteiger partial charge on any atom is 0.128 e. The van der Waals surface area contributed by atoms with Crippen LogP contribution in [0.4, 0.5) is 11.5 Å². The number of anilines is 2. The Balaban J connectivity index is 2.13. The molecule has 15 heavy (non-hydrogen) atoms. The van der Waals surface area contributed by atoms with Crippen LogP contribution < -0.4 is 10.6 Å². The van der Waals surface area contributed by atoms with Crippen LogP contribution in [0.1, 0.15) is 19.8 Å². The fourth-order valence-corrected chi connectivity index (χ4v) is 2.00. The van der Waals surface area contributed by atoms with Crippen LogP contribution in [0.25, 0.3) is 0 Å². The molecule has 0 aliphatic carbocycles. The molecule has 0 saturated carbocycles. The van der Waals surface area contributed by atoms with Crippen LogP contribution in [0, 0.1) is 0 Å².